The predicted molar refractivity (Wildman–Crippen MR) is 96.0 cm³/mol. The monoisotopic (exact) mass is 325 g/mol. The molecule has 0 aliphatic carbocycles. The molecule has 0 bridgehead atoms. The van der Waals surface area contributed by atoms with Crippen LogP contribution in [0.25, 0.3) is 0 Å². The molecule has 2 aromatic rings. The number of aliphatic imine (C=N–C) groups is 1. The molecule has 0 heterocycles. The van der Waals surface area contributed by atoms with Crippen LogP contribution in [0, 0.1) is 0 Å². The van der Waals surface area contributed by atoms with Gasteiger partial charge >= 0.3 is 5.97 Å². The number of nitrogens with zero attached hydrogens (tertiary/aromatic N) is 1. The van der Waals surface area contributed by atoms with Gasteiger partial charge in [0.1, 0.15) is 0 Å². The van der Waals surface area contributed by atoms with Crippen LogP contribution in [-0.4, -0.2) is 26.1 Å². The van der Waals surface area contributed by atoms with Crippen LogP contribution in [0.1, 0.15) is 34.5 Å². The zero-order chi connectivity index (χ0) is 17.4. The molecule has 0 aliphatic rings. The molecule has 0 radical (unpaired) electrons. The van der Waals surface area contributed by atoms with Crippen LogP contribution < -0.4 is 10.6 Å². The molecule has 0 aliphatic heterocycles. The van der Waals surface area contributed by atoms with Gasteiger partial charge in [-0.3, -0.25) is 4.99 Å². The summed E-state index contributed by atoms with van der Waals surface area (Å²) in [6, 6.07) is 17.7. The van der Waals surface area contributed by atoms with Crippen molar-refractivity contribution in [2.45, 2.75) is 19.5 Å². The van der Waals surface area contributed by atoms with Crippen LogP contribution in [0.3, 0.4) is 0 Å². The molecule has 126 valence electrons. The maximum Gasteiger partial charge on any atom is 0.337 e. The number of carbonyl (C=O) groups is 1. The molecule has 2 aromatic carbocycles. The fourth-order valence-corrected chi connectivity index (χ4v) is 2.29. The third kappa shape index (κ3) is 4.84. The molecule has 1 unspecified atom stereocenters. The van der Waals surface area contributed by atoms with Crippen molar-refractivity contribution in [1.29, 1.82) is 0 Å². The largest absolute Gasteiger partial charge is 0.465 e. The first kappa shape index (κ1) is 17.5. The lowest BCUT2D eigenvalue weighted by molar-refractivity contribution is 0.0600. The van der Waals surface area contributed by atoms with E-state index in [1.54, 1.807) is 19.2 Å². The Balaban J connectivity index is 1.91. The van der Waals surface area contributed by atoms with E-state index in [0.717, 1.165) is 11.5 Å². The molecule has 5 heteroatoms. The normalized spacial score (nSPS) is 12.4. The van der Waals surface area contributed by atoms with E-state index in [0.29, 0.717) is 12.1 Å². The highest BCUT2D eigenvalue weighted by molar-refractivity contribution is 5.89. The van der Waals surface area contributed by atoms with Crippen LogP contribution in [-0.2, 0) is 11.3 Å². The molecule has 0 saturated heterocycles. The van der Waals surface area contributed by atoms with Gasteiger partial charge in [0, 0.05) is 13.6 Å². The number of ether oxygens (including phenoxy) is 1. The van der Waals surface area contributed by atoms with Crippen molar-refractivity contribution in [3.63, 3.8) is 0 Å². The molecule has 1 atom stereocenters. The van der Waals surface area contributed by atoms with Gasteiger partial charge in [-0.2, -0.15) is 0 Å². The van der Waals surface area contributed by atoms with Gasteiger partial charge in [0.15, 0.2) is 5.96 Å². The number of rotatable bonds is 5. The summed E-state index contributed by atoms with van der Waals surface area (Å²) in [7, 11) is 3.12. The van der Waals surface area contributed by atoms with E-state index < -0.39 is 0 Å². The lowest BCUT2D eigenvalue weighted by Gasteiger charge is -2.18. The third-order valence-corrected chi connectivity index (χ3v) is 3.71. The van der Waals surface area contributed by atoms with Gasteiger partial charge in [0.05, 0.1) is 18.7 Å². The molecule has 0 saturated carbocycles. The zero-order valence-electron chi connectivity index (χ0n) is 14.2. The fraction of sp³-hybridized carbons (Fsp3) is 0.263. The van der Waals surface area contributed by atoms with E-state index in [1.165, 1.54) is 12.7 Å². The molecular weight excluding hydrogens is 302 g/mol. The molecule has 2 N–H and O–H groups in total. The average Bonchev–Trinajstić information content (AvgIpc) is 2.65. The smallest absolute Gasteiger partial charge is 0.337 e. The lowest BCUT2D eigenvalue weighted by atomic mass is 10.1. The number of hydrogen-bond donors (Lipinski definition) is 2. The summed E-state index contributed by atoms with van der Waals surface area (Å²) in [6.45, 7) is 2.70. The SMILES string of the molecule is CN=C(NCc1ccc(C(=O)OC)cc1)NC(C)c1ccccc1. The number of carbonyl (C=O) groups excluding carboxylic acids is 1. The minimum Gasteiger partial charge on any atom is -0.465 e. The Kier molecular flexibility index (Phi) is 6.37. The van der Waals surface area contributed by atoms with Crippen molar-refractivity contribution in [2.75, 3.05) is 14.2 Å². The molecular formula is C19H23N3O2. The molecule has 5 nitrogen and oxygen atoms in total. The maximum absolute atomic E-state index is 11.4. The van der Waals surface area contributed by atoms with Crippen molar-refractivity contribution < 1.29 is 9.53 Å². The highest BCUT2D eigenvalue weighted by Crippen LogP contribution is 2.11. The van der Waals surface area contributed by atoms with E-state index >= 15 is 0 Å². The van der Waals surface area contributed by atoms with Crippen molar-refractivity contribution in [3.05, 3.63) is 71.3 Å². The van der Waals surface area contributed by atoms with Crippen LogP contribution >= 0.6 is 0 Å². The van der Waals surface area contributed by atoms with Gasteiger partial charge in [-0.1, -0.05) is 42.5 Å². The minimum atomic E-state index is -0.330. The van der Waals surface area contributed by atoms with Gasteiger partial charge in [-0.05, 0) is 30.2 Å². The quantitative estimate of drug-likeness (QED) is 0.504. The Morgan fingerprint density at radius 2 is 1.79 bits per heavy atom. The Labute approximate surface area is 142 Å². The topological polar surface area (TPSA) is 62.7 Å². The molecule has 0 fully saturated rings. The molecule has 2 rings (SSSR count). The maximum atomic E-state index is 11.4. The number of guanidine groups is 1. The molecule has 0 amide bonds. The highest BCUT2D eigenvalue weighted by Gasteiger charge is 2.08. The van der Waals surface area contributed by atoms with Crippen LogP contribution in [0.15, 0.2) is 59.6 Å². The van der Waals surface area contributed by atoms with E-state index in [-0.39, 0.29) is 12.0 Å². The molecule has 24 heavy (non-hydrogen) atoms. The number of esters is 1. The second-order valence-corrected chi connectivity index (χ2v) is 5.39. The van der Waals surface area contributed by atoms with Crippen molar-refractivity contribution in [3.8, 4) is 0 Å². The number of hydrogen-bond acceptors (Lipinski definition) is 3. The first-order valence-corrected chi connectivity index (χ1v) is 7.83. The van der Waals surface area contributed by atoms with E-state index in [4.69, 9.17) is 4.74 Å². The highest BCUT2D eigenvalue weighted by atomic mass is 16.5. The number of methoxy groups -OCH3 is 1. The van der Waals surface area contributed by atoms with Crippen molar-refractivity contribution >= 4 is 11.9 Å². The summed E-state index contributed by atoms with van der Waals surface area (Å²) in [5, 5.41) is 6.63. The summed E-state index contributed by atoms with van der Waals surface area (Å²) < 4.78 is 4.69. The summed E-state index contributed by atoms with van der Waals surface area (Å²) in [4.78, 5) is 15.7. The average molecular weight is 325 g/mol. The van der Waals surface area contributed by atoms with Crippen LogP contribution in [0.4, 0.5) is 0 Å². The number of nitrogens with one attached hydrogen (secondary N) is 2. The van der Waals surface area contributed by atoms with Gasteiger partial charge in [0.25, 0.3) is 0 Å². The second kappa shape index (κ2) is 8.72. The Bertz CT molecular complexity index is 682. The van der Waals surface area contributed by atoms with Crippen molar-refractivity contribution in [1.82, 2.24) is 10.6 Å². The van der Waals surface area contributed by atoms with Gasteiger partial charge < -0.3 is 15.4 Å². The zero-order valence-corrected chi connectivity index (χ0v) is 14.2. The van der Waals surface area contributed by atoms with E-state index in [1.807, 2.05) is 30.3 Å². The minimum absolute atomic E-state index is 0.152. The van der Waals surface area contributed by atoms with E-state index in [9.17, 15) is 4.79 Å². The summed E-state index contributed by atoms with van der Waals surface area (Å²) in [6.07, 6.45) is 0. The lowest BCUT2D eigenvalue weighted by Crippen LogP contribution is -2.38. The third-order valence-electron chi connectivity index (χ3n) is 3.71. The first-order chi connectivity index (χ1) is 11.6. The van der Waals surface area contributed by atoms with Gasteiger partial charge in [-0.15, -0.1) is 0 Å². The summed E-state index contributed by atoms with van der Waals surface area (Å²) in [5.74, 6) is 0.395. The summed E-state index contributed by atoms with van der Waals surface area (Å²) >= 11 is 0. The molecule has 0 spiro atoms. The van der Waals surface area contributed by atoms with Gasteiger partial charge in [-0.25, -0.2) is 4.79 Å². The molecule has 0 aromatic heterocycles. The van der Waals surface area contributed by atoms with Crippen molar-refractivity contribution in [2.24, 2.45) is 4.99 Å². The van der Waals surface area contributed by atoms with Crippen LogP contribution in [0.2, 0.25) is 0 Å². The predicted octanol–water partition coefficient (Wildman–Crippen LogP) is 2.90. The van der Waals surface area contributed by atoms with E-state index in [2.05, 4.69) is 34.7 Å². The Morgan fingerprint density at radius 1 is 1.12 bits per heavy atom. The second-order valence-electron chi connectivity index (χ2n) is 5.39. The fourth-order valence-electron chi connectivity index (χ4n) is 2.29. The van der Waals surface area contributed by atoms with Crippen LogP contribution in [0.5, 0.6) is 0 Å². The van der Waals surface area contributed by atoms with Gasteiger partial charge in [0.2, 0.25) is 0 Å². The first-order valence-electron chi connectivity index (χ1n) is 7.83. The summed E-state index contributed by atoms with van der Waals surface area (Å²) in [5.41, 5.74) is 2.79. The number of benzene rings is 2. The Hall–Kier alpha value is -2.82. The standard InChI is InChI=1S/C19H23N3O2/c1-14(16-7-5-4-6-8-16)22-19(20-2)21-13-15-9-11-17(12-10-15)18(23)24-3/h4-12,14H,13H2,1-3H3,(H2,20,21,22). The Morgan fingerprint density at radius 3 is 2.38 bits per heavy atom.